The minimum absolute atomic E-state index is 0.00760. The van der Waals surface area contributed by atoms with Gasteiger partial charge in [0.2, 0.25) is 0 Å². The number of Topliss-reactive ketones (excluding diaryl/α,β-unsaturated/α-hetero) is 1. The van der Waals surface area contributed by atoms with Gasteiger partial charge in [-0.05, 0) is 81.3 Å². The maximum Gasteiger partial charge on any atom is 0.287 e. The predicted molar refractivity (Wildman–Crippen MR) is 110 cm³/mol. The zero-order valence-corrected chi connectivity index (χ0v) is 17.2. The summed E-state index contributed by atoms with van der Waals surface area (Å²) in [5, 5.41) is 10.8. The molecular weight excluding hydrogens is 354 g/mol. The molecule has 6 nitrogen and oxygen atoms in total. The first kappa shape index (κ1) is 20.0. The number of pyridine rings is 1. The molecule has 28 heavy (non-hydrogen) atoms. The summed E-state index contributed by atoms with van der Waals surface area (Å²) in [5.41, 5.74) is 6.77. The fourth-order valence-corrected chi connectivity index (χ4v) is 4.12. The first-order chi connectivity index (χ1) is 13.2. The van der Waals surface area contributed by atoms with Gasteiger partial charge < -0.3 is 4.90 Å². The van der Waals surface area contributed by atoms with Gasteiger partial charge in [-0.2, -0.15) is 0 Å². The van der Waals surface area contributed by atoms with Gasteiger partial charge in [-0.1, -0.05) is 0 Å². The molecule has 0 amide bonds. The minimum Gasteiger partial charge on any atom is -0.357 e. The van der Waals surface area contributed by atoms with Crippen molar-refractivity contribution >= 4 is 17.3 Å². The molecule has 0 N–H and O–H groups in total. The van der Waals surface area contributed by atoms with Crippen LogP contribution in [0.4, 0.5) is 11.5 Å². The molecule has 0 saturated carbocycles. The summed E-state index contributed by atoms with van der Waals surface area (Å²) in [6, 6.07) is 3.16. The molecule has 1 saturated heterocycles. The lowest BCUT2D eigenvalue weighted by molar-refractivity contribution is -0.385. The highest BCUT2D eigenvalue weighted by atomic mass is 16.6. The molecule has 0 bridgehead atoms. The number of aromatic nitrogens is 1. The highest BCUT2D eigenvalue weighted by Crippen LogP contribution is 2.31. The van der Waals surface area contributed by atoms with Gasteiger partial charge in [0.1, 0.15) is 12.0 Å². The number of ketones is 1. The van der Waals surface area contributed by atoms with E-state index in [0.717, 1.165) is 48.4 Å². The lowest BCUT2D eigenvalue weighted by atomic mass is 9.81. The van der Waals surface area contributed by atoms with Crippen LogP contribution in [-0.4, -0.2) is 28.8 Å². The van der Waals surface area contributed by atoms with Gasteiger partial charge >= 0.3 is 0 Å². The standard InChI is InChI=1S/C22H27N3O3/c1-13-14(2)16(4)21(17(5)15(13)3)22(26)18-8-10-24(11-9-18)20-7-6-19(12-23-20)25(27)28/h6-7,12,18H,8-11H2,1-5H3. The van der Waals surface area contributed by atoms with Crippen molar-refractivity contribution in [1.82, 2.24) is 4.98 Å². The number of hydrogen-bond acceptors (Lipinski definition) is 5. The van der Waals surface area contributed by atoms with E-state index in [9.17, 15) is 14.9 Å². The lowest BCUT2D eigenvalue weighted by Gasteiger charge is -2.32. The van der Waals surface area contributed by atoms with Crippen LogP contribution in [-0.2, 0) is 0 Å². The smallest absolute Gasteiger partial charge is 0.287 e. The Morgan fingerprint density at radius 3 is 2.00 bits per heavy atom. The van der Waals surface area contributed by atoms with E-state index in [2.05, 4.69) is 44.5 Å². The number of nitro groups is 1. The van der Waals surface area contributed by atoms with Crippen LogP contribution in [0.5, 0.6) is 0 Å². The predicted octanol–water partition coefficient (Wildman–Crippen LogP) is 4.63. The normalized spacial score (nSPS) is 15.0. The van der Waals surface area contributed by atoms with E-state index >= 15 is 0 Å². The summed E-state index contributed by atoms with van der Waals surface area (Å²) in [5.74, 6) is 0.983. The first-order valence-electron chi connectivity index (χ1n) is 9.69. The van der Waals surface area contributed by atoms with E-state index in [0.29, 0.717) is 0 Å². The van der Waals surface area contributed by atoms with Crippen molar-refractivity contribution in [2.45, 2.75) is 47.5 Å². The molecule has 3 rings (SSSR count). The molecule has 2 aromatic rings. The molecule has 0 aliphatic carbocycles. The average molecular weight is 381 g/mol. The number of benzene rings is 1. The number of carbonyl (C=O) groups is 1. The van der Waals surface area contributed by atoms with E-state index in [1.165, 1.54) is 29.0 Å². The second-order valence-electron chi connectivity index (χ2n) is 7.76. The Morgan fingerprint density at radius 1 is 1.00 bits per heavy atom. The minimum atomic E-state index is -0.447. The van der Waals surface area contributed by atoms with Crippen LogP contribution < -0.4 is 4.90 Å². The average Bonchev–Trinajstić information content (AvgIpc) is 2.71. The Balaban J connectivity index is 1.75. The molecule has 1 aliphatic rings. The number of nitrogens with zero attached hydrogens (tertiary/aromatic N) is 3. The van der Waals surface area contributed by atoms with Crippen molar-refractivity contribution in [2.24, 2.45) is 5.92 Å². The quantitative estimate of drug-likeness (QED) is 0.438. The number of hydrogen-bond donors (Lipinski definition) is 0. The molecule has 0 atom stereocenters. The second kappa shape index (κ2) is 7.70. The Bertz CT molecular complexity index is 898. The van der Waals surface area contributed by atoms with Crippen LogP contribution in [0.3, 0.4) is 0 Å². The van der Waals surface area contributed by atoms with Gasteiger partial charge in [0.25, 0.3) is 5.69 Å². The van der Waals surface area contributed by atoms with Crippen LogP contribution >= 0.6 is 0 Å². The third kappa shape index (κ3) is 3.51. The molecule has 2 heterocycles. The molecule has 1 fully saturated rings. The number of rotatable bonds is 4. The zero-order chi connectivity index (χ0) is 20.6. The van der Waals surface area contributed by atoms with E-state index in [1.54, 1.807) is 6.07 Å². The molecule has 0 spiro atoms. The maximum atomic E-state index is 13.3. The van der Waals surface area contributed by atoms with E-state index in [4.69, 9.17) is 0 Å². The topological polar surface area (TPSA) is 76.3 Å². The maximum absolute atomic E-state index is 13.3. The summed E-state index contributed by atoms with van der Waals surface area (Å²) in [7, 11) is 0. The van der Waals surface area contributed by atoms with Crippen LogP contribution in [0, 0.1) is 50.7 Å². The van der Waals surface area contributed by atoms with Crippen LogP contribution in [0.1, 0.15) is 51.0 Å². The largest absolute Gasteiger partial charge is 0.357 e. The van der Waals surface area contributed by atoms with Crippen LogP contribution in [0.25, 0.3) is 0 Å². The first-order valence-corrected chi connectivity index (χ1v) is 9.69. The molecule has 6 heteroatoms. The Hall–Kier alpha value is -2.76. The van der Waals surface area contributed by atoms with Crippen molar-refractivity contribution in [3.8, 4) is 0 Å². The molecule has 0 unspecified atom stereocenters. The van der Waals surface area contributed by atoms with Gasteiger partial charge in [-0.15, -0.1) is 0 Å². The molecule has 148 valence electrons. The number of anilines is 1. The van der Waals surface area contributed by atoms with Gasteiger partial charge in [0, 0.05) is 30.6 Å². The second-order valence-corrected chi connectivity index (χ2v) is 7.76. The third-order valence-electron chi connectivity index (χ3n) is 6.38. The van der Waals surface area contributed by atoms with Gasteiger partial charge in [-0.3, -0.25) is 14.9 Å². The molecule has 1 aromatic heterocycles. The summed E-state index contributed by atoms with van der Waals surface area (Å²) < 4.78 is 0. The van der Waals surface area contributed by atoms with Crippen molar-refractivity contribution in [1.29, 1.82) is 0 Å². The van der Waals surface area contributed by atoms with E-state index in [-0.39, 0.29) is 17.4 Å². The van der Waals surface area contributed by atoms with Crippen molar-refractivity contribution in [3.05, 3.63) is 61.8 Å². The van der Waals surface area contributed by atoms with Gasteiger partial charge in [0.05, 0.1) is 4.92 Å². The van der Waals surface area contributed by atoms with Gasteiger partial charge in [-0.25, -0.2) is 4.98 Å². The Kier molecular flexibility index (Phi) is 5.49. The fraction of sp³-hybridized carbons (Fsp3) is 0.455. The number of piperidine rings is 1. The van der Waals surface area contributed by atoms with E-state index < -0.39 is 4.92 Å². The fourth-order valence-electron chi connectivity index (χ4n) is 4.12. The number of carbonyl (C=O) groups excluding carboxylic acids is 1. The Labute approximate surface area is 165 Å². The summed E-state index contributed by atoms with van der Waals surface area (Å²) >= 11 is 0. The zero-order valence-electron chi connectivity index (χ0n) is 17.2. The highest BCUT2D eigenvalue weighted by Gasteiger charge is 2.29. The van der Waals surface area contributed by atoms with Crippen LogP contribution in [0.15, 0.2) is 18.3 Å². The highest BCUT2D eigenvalue weighted by molar-refractivity contribution is 6.01. The third-order valence-corrected chi connectivity index (χ3v) is 6.38. The van der Waals surface area contributed by atoms with Crippen molar-refractivity contribution in [2.75, 3.05) is 18.0 Å². The lowest BCUT2D eigenvalue weighted by Crippen LogP contribution is -2.37. The Morgan fingerprint density at radius 2 is 1.54 bits per heavy atom. The summed E-state index contributed by atoms with van der Waals surface area (Å²) in [6.45, 7) is 11.9. The van der Waals surface area contributed by atoms with Crippen molar-refractivity contribution < 1.29 is 9.72 Å². The summed E-state index contributed by atoms with van der Waals surface area (Å²) in [4.78, 5) is 30.0. The monoisotopic (exact) mass is 381 g/mol. The molecule has 1 aliphatic heterocycles. The molecule has 0 radical (unpaired) electrons. The van der Waals surface area contributed by atoms with Crippen LogP contribution in [0.2, 0.25) is 0 Å². The van der Waals surface area contributed by atoms with E-state index in [1.807, 2.05) is 0 Å². The van der Waals surface area contributed by atoms with Crippen molar-refractivity contribution in [3.63, 3.8) is 0 Å². The SMILES string of the molecule is Cc1c(C)c(C)c(C(=O)C2CCN(c3ccc([N+](=O)[O-])cn3)CC2)c(C)c1C. The molecule has 1 aromatic carbocycles. The summed E-state index contributed by atoms with van der Waals surface area (Å²) in [6.07, 6.45) is 2.82. The van der Waals surface area contributed by atoms with Gasteiger partial charge in [0.15, 0.2) is 5.78 Å². The molecular formula is C22H27N3O3.